The van der Waals surface area contributed by atoms with Gasteiger partial charge in [0.2, 0.25) is 0 Å². The van der Waals surface area contributed by atoms with Gasteiger partial charge in [-0.3, -0.25) is 0 Å². The first kappa shape index (κ1) is 12.3. The van der Waals surface area contributed by atoms with Crippen molar-refractivity contribution in [2.24, 2.45) is 0 Å². The van der Waals surface area contributed by atoms with E-state index in [0.29, 0.717) is 17.3 Å². The van der Waals surface area contributed by atoms with Gasteiger partial charge in [-0.1, -0.05) is 24.6 Å². The zero-order chi connectivity index (χ0) is 11.3. The van der Waals surface area contributed by atoms with Gasteiger partial charge in [-0.15, -0.1) is 0 Å². The fraction of sp³-hybridized carbons (Fsp3) is 0.455. The van der Waals surface area contributed by atoms with E-state index in [-0.39, 0.29) is 11.9 Å². The molecule has 1 N–H and O–H groups in total. The third-order valence-corrected chi connectivity index (χ3v) is 2.49. The molecule has 0 saturated carbocycles. The lowest BCUT2D eigenvalue weighted by Gasteiger charge is -2.18. The predicted octanol–water partition coefficient (Wildman–Crippen LogP) is 3.32. The lowest BCUT2D eigenvalue weighted by molar-refractivity contribution is 0.184. The van der Waals surface area contributed by atoms with Gasteiger partial charge in [0.05, 0.1) is 17.3 Å². The van der Waals surface area contributed by atoms with Crippen LogP contribution in [0.15, 0.2) is 18.2 Å². The van der Waals surface area contributed by atoms with Crippen molar-refractivity contribution in [3.63, 3.8) is 0 Å². The molecule has 1 aromatic carbocycles. The van der Waals surface area contributed by atoms with Crippen LogP contribution in [0.2, 0.25) is 5.02 Å². The molecule has 0 spiro atoms. The van der Waals surface area contributed by atoms with Gasteiger partial charge in [-0.2, -0.15) is 0 Å². The molecule has 0 aliphatic rings. The van der Waals surface area contributed by atoms with Crippen molar-refractivity contribution in [2.75, 3.05) is 19.0 Å². The SMILES string of the molecule is CCC(COC)Nc1c(F)cccc1Cl. The molecule has 0 aliphatic heterocycles. The molecule has 0 amide bonds. The van der Waals surface area contributed by atoms with Crippen LogP contribution in [0.3, 0.4) is 0 Å². The first-order valence-electron chi connectivity index (χ1n) is 4.88. The van der Waals surface area contributed by atoms with Crippen LogP contribution in [0.1, 0.15) is 13.3 Å². The quantitative estimate of drug-likeness (QED) is 0.840. The van der Waals surface area contributed by atoms with Crippen LogP contribution in [0.4, 0.5) is 10.1 Å². The average molecular weight is 232 g/mol. The Balaban J connectivity index is 2.78. The molecule has 0 radical (unpaired) electrons. The monoisotopic (exact) mass is 231 g/mol. The van der Waals surface area contributed by atoms with Crippen molar-refractivity contribution in [2.45, 2.75) is 19.4 Å². The number of para-hydroxylation sites is 1. The molecule has 84 valence electrons. The molecular formula is C11H15ClFNO. The minimum Gasteiger partial charge on any atom is -0.383 e. The summed E-state index contributed by atoms with van der Waals surface area (Å²) in [6.07, 6.45) is 0.846. The Morgan fingerprint density at radius 1 is 1.53 bits per heavy atom. The van der Waals surface area contributed by atoms with Crippen LogP contribution in [0.5, 0.6) is 0 Å². The lowest BCUT2D eigenvalue weighted by atomic mass is 10.2. The molecular weight excluding hydrogens is 217 g/mol. The largest absolute Gasteiger partial charge is 0.383 e. The second-order valence-electron chi connectivity index (χ2n) is 3.30. The number of halogens is 2. The summed E-state index contributed by atoms with van der Waals surface area (Å²) in [5.41, 5.74) is 0.350. The van der Waals surface area contributed by atoms with Crippen LogP contribution >= 0.6 is 11.6 Å². The summed E-state index contributed by atoms with van der Waals surface area (Å²) in [5, 5.41) is 3.43. The number of hydrogen-bond donors (Lipinski definition) is 1. The second kappa shape index (κ2) is 5.93. The van der Waals surface area contributed by atoms with E-state index in [1.54, 1.807) is 19.2 Å². The van der Waals surface area contributed by atoms with Gasteiger partial charge < -0.3 is 10.1 Å². The number of anilines is 1. The Kier molecular flexibility index (Phi) is 4.85. The normalized spacial score (nSPS) is 12.5. The van der Waals surface area contributed by atoms with Crippen LogP contribution < -0.4 is 5.32 Å². The first-order valence-corrected chi connectivity index (χ1v) is 5.26. The maximum atomic E-state index is 13.4. The topological polar surface area (TPSA) is 21.3 Å². The van der Waals surface area contributed by atoms with Crippen LogP contribution in [0, 0.1) is 5.82 Å². The molecule has 1 unspecified atom stereocenters. The molecule has 2 nitrogen and oxygen atoms in total. The minimum absolute atomic E-state index is 0.0735. The molecule has 0 saturated heterocycles. The standard InChI is InChI=1S/C11H15ClFNO/c1-3-8(7-15-2)14-11-9(12)5-4-6-10(11)13/h4-6,8,14H,3,7H2,1-2H3. The highest BCUT2D eigenvalue weighted by Gasteiger charge is 2.11. The van der Waals surface area contributed by atoms with Crippen molar-refractivity contribution in [3.8, 4) is 0 Å². The fourth-order valence-electron chi connectivity index (χ4n) is 1.30. The summed E-state index contributed by atoms with van der Waals surface area (Å²) in [6.45, 7) is 2.53. The van der Waals surface area contributed by atoms with Crippen LogP contribution in [0.25, 0.3) is 0 Å². The summed E-state index contributed by atoms with van der Waals surface area (Å²) < 4.78 is 18.4. The van der Waals surface area contributed by atoms with Crippen molar-refractivity contribution >= 4 is 17.3 Å². The van der Waals surface area contributed by atoms with E-state index in [4.69, 9.17) is 16.3 Å². The number of hydrogen-bond acceptors (Lipinski definition) is 2. The zero-order valence-corrected chi connectivity index (χ0v) is 9.64. The summed E-state index contributed by atoms with van der Waals surface area (Å²) in [5.74, 6) is -0.336. The van der Waals surface area contributed by atoms with Crippen LogP contribution in [-0.2, 0) is 4.74 Å². The molecule has 1 rings (SSSR count). The summed E-state index contributed by atoms with van der Waals surface area (Å²) >= 11 is 5.89. The summed E-state index contributed by atoms with van der Waals surface area (Å²) in [7, 11) is 1.62. The number of ether oxygens (including phenoxy) is 1. The van der Waals surface area contributed by atoms with Gasteiger partial charge in [0.25, 0.3) is 0 Å². The molecule has 0 aliphatic carbocycles. The highest BCUT2D eigenvalue weighted by atomic mass is 35.5. The van der Waals surface area contributed by atoms with E-state index in [1.807, 2.05) is 6.92 Å². The molecule has 4 heteroatoms. The maximum Gasteiger partial charge on any atom is 0.147 e. The summed E-state index contributed by atoms with van der Waals surface area (Å²) in [6, 6.07) is 4.70. The molecule has 15 heavy (non-hydrogen) atoms. The highest BCUT2D eigenvalue weighted by molar-refractivity contribution is 6.33. The van der Waals surface area contributed by atoms with Gasteiger partial charge in [-0.25, -0.2) is 4.39 Å². The lowest BCUT2D eigenvalue weighted by Crippen LogP contribution is -2.24. The molecule has 0 fully saturated rings. The number of benzene rings is 1. The Hall–Kier alpha value is -0.800. The zero-order valence-electron chi connectivity index (χ0n) is 8.89. The smallest absolute Gasteiger partial charge is 0.147 e. The van der Waals surface area contributed by atoms with Crippen LogP contribution in [-0.4, -0.2) is 19.8 Å². The Morgan fingerprint density at radius 3 is 2.80 bits per heavy atom. The molecule has 0 aromatic heterocycles. The molecule has 1 atom stereocenters. The van der Waals surface area contributed by atoms with E-state index in [1.165, 1.54) is 6.07 Å². The minimum atomic E-state index is -0.336. The van der Waals surface area contributed by atoms with E-state index < -0.39 is 0 Å². The highest BCUT2D eigenvalue weighted by Crippen LogP contribution is 2.25. The Morgan fingerprint density at radius 2 is 2.27 bits per heavy atom. The number of rotatable bonds is 5. The van der Waals surface area contributed by atoms with E-state index in [0.717, 1.165) is 6.42 Å². The van der Waals surface area contributed by atoms with Crippen molar-refractivity contribution in [1.82, 2.24) is 0 Å². The molecule has 0 heterocycles. The van der Waals surface area contributed by atoms with Gasteiger partial charge in [0.1, 0.15) is 5.82 Å². The van der Waals surface area contributed by atoms with Gasteiger partial charge in [0.15, 0.2) is 0 Å². The third-order valence-electron chi connectivity index (χ3n) is 2.17. The predicted molar refractivity (Wildman–Crippen MR) is 61.0 cm³/mol. The van der Waals surface area contributed by atoms with Gasteiger partial charge in [-0.05, 0) is 18.6 Å². The first-order chi connectivity index (χ1) is 7.19. The van der Waals surface area contributed by atoms with Crippen molar-refractivity contribution < 1.29 is 9.13 Å². The van der Waals surface area contributed by atoms with E-state index in [2.05, 4.69) is 5.32 Å². The Labute approximate surface area is 94.4 Å². The van der Waals surface area contributed by atoms with Gasteiger partial charge >= 0.3 is 0 Å². The molecule has 1 aromatic rings. The summed E-state index contributed by atoms with van der Waals surface area (Å²) in [4.78, 5) is 0. The van der Waals surface area contributed by atoms with Crippen molar-refractivity contribution in [1.29, 1.82) is 0 Å². The third kappa shape index (κ3) is 3.36. The van der Waals surface area contributed by atoms with Crippen molar-refractivity contribution in [3.05, 3.63) is 29.0 Å². The Bertz CT molecular complexity index is 299. The maximum absolute atomic E-state index is 13.4. The second-order valence-corrected chi connectivity index (χ2v) is 3.71. The van der Waals surface area contributed by atoms with E-state index >= 15 is 0 Å². The van der Waals surface area contributed by atoms with E-state index in [9.17, 15) is 4.39 Å². The molecule has 0 bridgehead atoms. The number of nitrogens with one attached hydrogen (secondary N) is 1. The van der Waals surface area contributed by atoms with Gasteiger partial charge in [0, 0.05) is 13.2 Å². The number of methoxy groups -OCH3 is 1. The average Bonchev–Trinajstić information content (AvgIpc) is 2.22. The fourth-order valence-corrected chi connectivity index (χ4v) is 1.52.